The van der Waals surface area contributed by atoms with Crippen LogP contribution in [0.15, 0.2) is 12.7 Å². The first-order valence-corrected chi connectivity index (χ1v) is 6.48. The molecule has 1 saturated carbocycles. The van der Waals surface area contributed by atoms with Gasteiger partial charge in [-0.25, -0.2) is 0 Å². The molecule has 0 spiro atoms. The number of hydrogen-bond donors (Lipinski definition) is 1. The average molecular weight is 223 g/mol. The second kappa shape index (κ2) is 6.07. The van der Waals surface area contributed by atoms with Gasteiger partial charge < -0.3 is 5.32 Å². The van der Waals surface area contributed by atoms with Crippen LogP contribution >= 0.6 is 0 Å². The Morgan fingerprint density at radius 3 is 2.38 bits per heavy atom. The Kier molecular flexibility index (Phi) is 5.04. The van der Waals surface area contributed by atoms with Crippen LogP contribution in [-0.4, -0.2) is 11.4 Å². The van der Waals surface area contributed by atoms with E-state index in [2.05, 4.69) is 25.7 Å². The van der Waals surface area contributed by atoms with Crippen LogP contribution in [0.3, 0.4) is 0 Å². The van der Waals surface area contributed by atoms with Gasteiger partial charge in [-0.3, -0.25) is 4.79 Å². The maximum absolute atomic E-state index is 11.3. The molecule has 16 heavy (non-hydrogen) atoms. The maximum Gasteiger partial charge on any atom is 0.243 e. The molecule has 0 atom stereocenters. The monoisotopic (exact) mass is 223 g/mol. The van der Waals surface area contributed by atoms with E-state index < -0.39 is 0 Å². The summed E-state index contributed by atoms with van der Waals surface area (Å²) in [6.07, 6.45) is 10.6. The van der Waals surface area contributed by atoms with Crippen LogP contribution in [0.25, 0.3) is 0 Å². The van der Waals surface area contributed by atoms with Crippen molar-refractivity contribution in [3.05, 3.63) is 12.7 Å². The van der Waals surface area contributed by atoms with Gasteiger partial charge in [0.1, 0.15) is 0 Å². The van der Waals surface area contributed by atoms with E-state index in [4.69, 9.17) is 0 Å². The molecule has 1 aliphatic rings. The highest BCUT2D eigenvalue weighted by molar-refractivity contribution is 5.87. The van der Waals surface area contributed by atoms with E-state index >= 15 is 0 Å². The van der Waals surface area contributed by atoms with Crippen molar-refractivity contribution in [3.63, 3.8) is 0 Å². The molecule has 0 aromatic heterocycles. The zero-order valence-corrected chi connectivity index (χ0v) is 10.7. The van der Waals surface area contributed by atoms with Gasteiger partial charge in [-0.1, -0.05) is 45.1 Å². The van der Waals surface area contributed by atoms with Crippen LogP contribution in [0.4, 0.5) is 0 Å². The van der Waals surface area contributed by atoms with E-state index in [1.165, 1.54) is 44.6 Å². The summed E-state index contributed by atoms with van der Waals surface area (Å²) in [6, 6.07) is 0. The van der Waals surface area contributed by atoms with E-state index in [1.54, 1.807) is 0 Å². The average Bonchev–Trinajstić information content (AvgIpc) is 2.44. The Hall–Kier alpha value is -0.790. The minimum Gasteiger partial charge on any atom is -0.348 e. The lowest BCUT2D eigenvalue weighted by atomic mass is 9.86. The molecule has 0 saturated heterocycles. The van der Waals surface area contributed by atoms with Gasteiger partial charge in [0.05, 0.1) is 0 Å². The van der Waals surface area contributed by atoms with Crippen molar-refractivity contribution < 1.29 is 4.79 Å². The standard InChI is InChI=1S/C14H25NO/c1-4-13(16)15-14(2,3)11-12-9-7-5-6-8-10-12/h4,12H,1,5-11H2,2-3H3,(H,15,16). The van der Waals surface area contributed by atoms with Gasteiger partial charge in [0.2, 0.25) is 5.91 Å². The molecule has 1 fully saturated rings. The molecule has 0 heterocycles. The number of nitrogens with one attached hydrogen (secondary N) is 1. The number of carbonyl (C=O) groups is 1. The number of amides is 1. The lowest BCUT2D eigenvalue weighted by Gasteiger charge is -2.30. The normalized spacial score (nSPS) is 18.9. The van der Waals surface area contributed by atoms with Gasteiger partial charge in [0.25, 0.3) is 0 Å². The fraction of sp³-hybridized carbons (Fsp3) is 0.786. The van der Waals surface area contributed by atoms with E-state index in [-0.39, 0.29) is 11.4 Å². The quantitative estimate of drug-likeness (QED) is 0.574. The first-order chi connectivity index (χ1) is 7.53. The summed E-state index contributed by atoms with van der Waals surface area (Å²) < 4.78 is 0. The van der Waals surface area contributed by atoms with E-state index in [1.807, 2.05) is 0 Å². The molecule has 0 radical (unpaired) electrons. The van der Waals surface area contributed by atoms with E-state index in [9.17, 15) is 4.79 Å². The predicted octanol–water partition coefficient (Wildman–Crippen LogP) is 3.43. The van der Waals surface area contributed by atoms with Gasteiger partial charge in [0, 0.05) is 5.54 Å². The molecule has 1 rings (SSSR count). The second-order valence-corrected chi connectivity index (χ2v) is 5.64. The molecule has 0 bridgehead atoms. The molecule has 1 amide bonds. The highest BCUT2D eigenvalue weighted by Gasteiger charge is 2.24. The van der Waals surface area contributed by atoms with Gasteiger partial charge in [-0.2, -0.15) is 0 Å². The third-order valence-electron chi connectivity index (χ3n) is 3.42. The number of hydrogen-bond acceptors (Lipinski definition) is 1. The van der Waals surface area contributed by atoms with Crippen molar-refractivity contribution in [2.45, 2.75) is 64.3 Å². The second-order valence-electron chi connectivity index (χ2n) is 5.64. The summed E-state index contributed by atoms with van der Waals surface area (Å²) >= 11 is 0. The van der Waals surface area contributed by atoms with Crippen LogP contribution in [0.2, 0.25) is 0 Å². The minimum atomic E-state index is -0.0969. The maximum atomic E-state index is 11.3. The molecule has 0 aliphatic heterocycles. The van der Waals surface area contributed by atoms with E-state index in [0.717, 1.165) is 12.3 Å². The van der Waals surface area contributed by atoms with Crippen LogP contribution in [0.1, 0.15) is 58.8 Å². The third kappa shape index (κ3) is 4.82. The van der Waals surface area contributed by atoms with Crippen LogP contribution in [0, 0.1) is 5.92 Å². The fourth-order valence-corrected chi connectivity index (χ4v) is 2.73. The van der Waals surface area contributed by atoms with Crippen molar-refractivity contribution >= 4 is 5.91 Å². The van der Waals surface area contributed by atoms with Gasteiger partial charge in [-0.15, -0.1) is 0 Å². The highest BCUT2D eigenvalue weighted by atomic mass is 16.1. The predicted molar refractivity (Wildman–Crippen MR) is 68.2 cm³/mol. The summed E-state index contributed by atoms with van der Waals surface area (Å²) in [6.45, 7) is 7.72. The summed E-state index contributed by atoms with van der Waals surface area (Å²) in [5, 5.41) is 3.02. The van der Waals surface area contributed by atoms with Crippen LogP contribution in [-0.2, 0) is 4.79 Å². The van der Waals surface area contributed by atoms with Crippen molar-refractivity contribution in [1.29, 1.82) is 0 Å². The van der Waals surface area contributed by atoms with Crippen LogP contribution in [0.5, 0.6) is 0 Å². The third-order valence-corrected chi connectivity index (χ3v) is 3.42. The molecule has 0 aromatic rings. The van der Waals surface area contributed by atoms with Gasteiger partial charge in [-0.05, 0) is 32.3 Å². The topological polar surface area (TPSA) is 29.1 Å². The first-order valence-electron chi connectivity index (χ1n) is 6.48. The highest BCUT2D eigenvalue weighted by Crippen LogP contribution is 2.29. The summed E-state index contributed by atoms with van der Waals surface area (Å²) in [5.74, 6) is 0.723. The molecule has 92 valence electrons. The first kappa shape index (κ1) is 13.3. The lowest BCUT2D eigenvalue weighted by Crippen LogP contribution is -2.44. The molecular weight excluding hydrogens is 198 g/mol. The van der Waals surface area contributed by atoms with Crippen molar-refractivity contribution in [2.24, 2.45) is 5.92 Å². The molecule has 0 unspecified atom stereocenters. The number of rotatable bonds is 4. The SMILES string of the molecule is C=CC(=O)NC(C)(C)CC1CCCCCC1. The van der Waals surface area contributed by atoms with Crippen LogP contribution < -0.4 is 5.32 Å². The molecule has 1 N–H and O–H groups in total. The minimum absolute atomic E-state index is 0.0568. The van der Waals surface area contributed by atoms with E-state index in [0.29, 0.717) is 0 Å². The zero-order chi connectivity index (χ0) is 12.0. The Balaban J connectivity index is 2.43. The Bertz CT molecular complexity index is 237. The van der Waals surface area contributed by atoms with Gasteiger partial charge >= 0.3 is 0 Å². The summed E-state index contributed by atoms with van der Waals surface area (Å²) in [5.41, 5.74) is -0.0969. The zero-order valence-electron chi connectivity index (χ0n) is 10.7. The molecule has 2 heteroatoms. The summed E-state index contributed by atoms with van der Waals surface area (Å²) in [7, 11) is 0. The smallest absolute Gasteiger partial charge is 0.243 e. The Morgan fingerprint density at radius 2 is 1.88 bits per heavy atom. The van der Waals surface area contributed by atoms with Crippen molar-refractivity contribution in [2.75, 3.05) is 0 Å². The number of carbonyl (C=O) groups excluding carboxylic acids is 1. The van der Waals surface area contributed by atoms with Gasteiger partial charge in [0.15, 0.2) is 0 Å². The molecule has 0 aromatic carbocycles. The lowest BCUT2D eigenvalue weighted by molar-refractivity contribution is -0.118. The largest absolute Gasteiger partial charge is 0.348 e. The fourth-order valence-electron chi connectivity index (χ4n) is 2.73. The molecular formula is C14H25NO. The molecule has 1 aliphatic carbocycles. The Morgan fingerprint density at radius 1 is 1.31 bits per heavy atom. The van der Waals surface area contributed by atoms with Crippen molar-refractivity contribution in [3.8, 4) is 0 Å². The summed E-state index contributed by atoms with van der Waals surface area (Å²) in [4.78, 5) is 11.3. The molecule has 2 nitrogen and oxygen atoms in total. The Labute approximate surface area is 99.5 Å². The van der Waals surface area contributed by atoms with Crippen molar-refractivity contribution in [1.82, 2.24) is 5.32 Å².